The maximum absolute atomic E-state index is 12.2. The molecule has 114 valence electrons. The highest BCUT2D eigenvalue weighted by molar-refractivity contribution is 7.13. The van der Waals surface area contributed by atoms with Crippen molar-refractivity contribution >= 4 is 22.9 Å². The van der Waals surface area contributed by atoms with Gasteiger partial charge in [0.25, 0.3) is 5.91 Å². The summed E-state index contributed by atoms with van der Waals surface area (Å²) in [6.45, 7) is 0.283. The number of pyridine rings is 1. The van der Waals surface area contributed by atoms with Crippen LogP contribution in [0.3, 0.4) is 0 Å². The van der Waals surface area contributed by atoms with E-state index in [1.165, 1.54) is 0 Å². The summed E-state index contributed by atoms with van der Waals surface area (Å²) in [6.07, 6.45) is 1.86. The highest BCUT2D eigenvalue weighted by Gasteiger charge is 2.13. The van der Waals surface area contributed by atoms with Gasteiger partial charge in [-0.1, -0.05) is 12.1 Å². The average molecular weight is 324 g/mol. The number of aromatic nitrogens is 5. The van der Waals surface area contributed by atoms with E-state index in [2.05, 4.69) is 25.7 Å². The van der Waals surface area contributed by atoms with Crippen molar-refractivity contribution in [3.8, 4) is 10.6 Å². The van der Waals surface area contributed by atoms with Crippen LogP contribution in [0.15, 0.2) is 48.0 Å². The third-order valence-electron chi connectivity index (χ3n) is 3.39. The topological polar surface area (TPSA) is 88.0 Å². The van der Waals surface area contributed by atoms with Gasteiger partial charge in [-0.2, -0.15) is 5.10 Å². The van der Waals surface area contributed by atoms with Crippen molar-refractivity contribution in [2.45, 2.75) is 6.54 Å². The van der Waals surface area contributed by atoms with Gasteiger partial charge in [-0.05, 0) is 29.6 Å². The molecule has 0 unspecified atom stereocenters. The van der Waals surface area contributed by atoms with E-state index < -0.39 is 0 Å². The molecule has 1 amide bonds. The highest BCUT2D eigenvalue weighted by Crippen LogP contribution is 2.22. The molecule has 0 fully saturated rings. The molecule has 0 aromatic carbocycles. The fourth-order valence-electron chi connectivity index (χ4n) is 2.26. The molecule has 4 heterocycles. The molecule has 0 aliphatic rings. The number of H-pyrrole nitrogens is 1. The second-order valence-electron chi connectivity index (χ2n) is 4.87. The van der Waals surface area contributed by atoms with Gasteiger partial charge in [0.1, 0.15) is 0 Å². The maximum Gasteiger partial charge on any atom is 0.272 e. The van der Waals surface area contributed by atoms with Gasteiger partial charge in [0.15, 0.2) is 17.2 Å². The lowest BCUT2D eigenvalue weighted by molar-refractivity contribution is 0.0944. The molecule has 7 nitrogen and oxygen atoms in total. The average Bonchev–Trinajstić information content (AvgIpc) is 3.31. The van der Waals surface area contributed by atoms with Crippen molar-refractivity contribution in [2.75, 3.05) is 0 Å². The SMILES string of the molecule is O=C(NCc1nnc2ccccn12)c1cc(-c2cccs2)[nH]n1. The predicted octanol–water partition coefficient (Wildman–Crippen LogP) is 2.11. The summed E-state index contributed by atoms with van der Waals surface area (Å²) >= 11 is 1.59. The first-order chi connectivity index (χ1) is 11.3. The van der Waals surface area contributed by atoms with Gasteiger partial charge in [-0.3, -0.25) is 14.3 Å². The molecule has 0 radical (unpaired) electrons. The molecule has 4 aromatic heterocycles. The zero-order chi connectivity index (χ0) is 15.6. The van der Waals surface area contributed by atoms with Crippen LogP contribution in [-0.2, 0) is 6.54 Å². The Hall–Kier alpha value is -3.00. The quantitative estimate of drug-likeness (QED) is 0.602. The Morgan fingerprint density at radius 1 is 1.26 bits per heavy atom. The lowest BCUT2D eigenvalue weighted by atomic mass is 10.3. The molecule has 0 bridgehead atoms. The summed E-state index contributed by atoms with van der Waals surface area (Å²) in [7, 11) is 0. The van der Waals surface area contributed by atoms with Gasteiger partial charge in [0.2, 0.25) is 0 Å². The zero-order valence-corrected chi connectivity index (χ0v) is 12.7. The second-order valence-corrected chi connectivity index (χ2v) is 5.82. The van der Waals surface area contributed by atoms with E-state index in [1.54, 1.807) is 17.4 Å². The van der Waals surface area contributed by atoms with Gasteiger partial charge in [0, 0.05) is 6.20 Å². The first kappa shape index (κ1) is 13.6. The van der Waals surface area contributed by atoms with Gasteiger partial charge in [-0.15, -0.1) is 21.5 Å². The van der Waals surface area contributed by atoms with E-state index in [-0.39, 0.29) is 12.5 Å². The molecule has 0 saturated carbocycles. The summed E-state index contributed by atoms with van der Waals surface area (Å²) in [5.41, 5.74) is 1.93. The minimum absolute atomic E-state index is 0.253. The van der Waals surface area contributed by atoms with Crippen molar-refractivity contribution in [2.24, 2.45) is 0 Å². The molecular formula is C15H12N6OS. The molecule has 4 aromatic rings. The normalized spacial score (nSPS) is 11.0. The smallest absolute Gasteiger partial charge is 0.272 e. The van der Waals surface area contributed by atoms with Crippen molar-refractivity contribution in [3.05, 3.63) is 59.5 Å². The van der Waals surface area contributed by atoms with Crippen LogP contribution in [0.4, 0.5) is 0 Å². The third kappa shape index (κ3) is 2.59. The monoisotopic (exact) mass is 324 g/mol. The van der Waals surface area contributed by atoms with Crippen LogP contribution < -0.4 is 5.32 Å². The fraction of sp³-hybridized carbons (Fsp3) is 0.0667. The van der Waals surface area contributed by atoms with E-state index in [4.69, 9.17) is 0 Å². The highest BCUT2D eigenvalue weighted by atomic mass is 32.1. The molecular weight excluding hydrogens is 312 g/mol. The number of aromatic amines is 1. The van der Waals surface area contributed by atoms with Crippen molar-refractivity contribution in [3.63, 3.8) is 0 Å². The van der Waals surface area contributed by atoms with E-state index in [0.717, 1.165) is 16.2 Å². The number of carbonyl (C=O) groups excluding carboxylic acids is 1. The summed E-state index contributed by atoms with van der Waals surface area (Å²) in [5.74, 6) is 0.416. The Morgan fingerprint density at radius 2 is 2.22 bits per heavy atom. The number of hydrogen-bond acceptors (Lipinski definition) is 5. The van der Waals surface area contributed by atoms with Crippen LogP contribution in [0.1, 0.15) is 16.3 Å². The van der Waals surface area contributed by atoms with E-state index in [9.17, 15) is 4.79 Å². The first-order valence-corrected chi connectivity index (χ1v) is 7.85. The van der Waals surface area contributed by atoms with E-state index >= 15 is 0 Å². The number of rotatable bonds is 4. The molecule has 23 heavy (non-hydrogen) atoms. The Bertz CT molecular complexity index is 955. The van der Waals surface area contributed by atoms with Crippen LogP contribution in [0.25, 0.3) is 16.2 Å². The summed E-state index contributed by atoms with van der Waals surface area (Å²) in [6, 6.07) is 11.3. The summed E-state index contributed by atoms with van der Waals surface area (Å²) in [5, 5.41) is 19.9. The molecule has 2 N–H and O–H groups in total. The Labute approximate surface area is 135 Å². The number of nitrogens with one attached hydrogen (secondary N) is 2. The van der Waals surface area contributed by atoms with Crippen LogP contribution >= 0.6 is 11.3 Å². The number of hydrogen-bond donors (Lipinski definition) is 2. The largest absolute Gasteiger partial charge is 0.343 e. The fourth-order valence-corrected chi connectivity index (χ4v) is 2.95. The number of thiophene rings is 1. The number of fused-ring (bicyclic) bond motifs is 1. The van der Waals surface area contributed by atoms with Gasteiger partial charge in [0.05, 0.1) is 17.1 Å². The van der Waals surface area contributed by atoms with Crippen LogP contribution in [0, 0.1) is 0 Å². The van der Waals surface area contributed by atoms with Crippen molar-refractivity contribution in [1.29, 1.82) is 0 Å². The number of nitrogens with zero attached hydrogens (tertiary/aromatic N) is 4. The summed E-state index contributed by atoms with van der Waals surface area (Å²) in [4.78, 5) is 13.3. The summed E-state index contributed by atoms with van der Waals surface area (Å²) < 4.78 is 1.84. The van der Waals surface area contributed by atoms with Gasteiger partial charge >= 0.3 is 0 Å². The zero-order valence-electron chi connectivity index (χ0n) is 11.9. The molecule has 4 rings (SSSR count). The Balaban J connectivity index is 1.48. The molecule has 8 heteroatoms. The third-order valence-corrected chi connectivity index (χ3v) is 4.29. The number of amides is 1. The lowest BCUT2D eigenvalue weighted by Crippen LogP contribution is -2.24. The molecule has 0 spiro atoms. The Morgan fingerprint density at radius 3 is 3.09 bits per heavy atom. The minimum Gasteiger partial charge on any atom is -0.343 e. The molecule has 0 aliphatic heterocycles. The Kier molecular flexibility index (Phi) is 3.35. The van der Waals surface area contributed by atoms with Crippen LogP contribution in [0.5, 0.6) is 0 Å². The molecule has 0 atom stereocenters. The van der Waals surface area contributed by atoms with Crippen LogP contribution in [-0.4, -0.2) is 30.7 Å². The number of carbonyl (C=O) groups is 1. The predicted molar refractivity (Wildman–Crippen MR) is 86.1 cm³/mol. The maximum atomic E-state index is 12.2. The van der Waals surface area contributed by atoms with Crippen LogP contribution in [0.2, 0.25) is 0 Å². The lowest BCUT2D eigenvalue weighted by Gasteiger charge is -2.01. The first-order valence-electron chi connectivity index (χ1n) is 6.97. The van der Waals surface area contributed by atoms with E-state index in [1.807, 2.05) is 46.3 Å². The van der Waals surface area contributed by atoms with Gasteiger partial charge in [-0.25, -0.2) is 0 Å². The van der Waals surface area contributed by atoms with Crippen molar-refractivity contribution < 1.29 is 4.79 Å². The van der Waals surface area contributed by atoms with Gasteiger partial charge < -0.3 is 5.32 Å². The standard InChI is InChI=1S/C15H12N6OS/c22-15(11-8-10(17-18-11)12-4-3-7-23-12)16-9-14-20-19-13-5-1-2-6-21(13)14/h1-8H,9H2,(H,16,22)(H,17,18). The van der Waals surface area contributed by atoms with E-state index in [0.29, 0.717) is 11.5 Å². The molecule has 0 aliphatic carbocycles. The molecule has 0 saturated heterocycles. The van der Waals surface area contributed by atoms with Crippen molar-refractivity contribution in [1.82, 2.24) is 30.1 Å². The minimum atomic E-state index is -0.253. The second kappa shape index (κ2) is 5.65.